The van der Waals surface area contributed by atoms with Gasteiger partial charge in [0.1, 0.15) is 6.61 Å². The molecule has 0 radical (unpaired) electrons. The molecule has 7 nitrogen and oxygen atoms in total. The van der Waals surface area contributed by atoms with Gasteiger partial charge in [-0.15, -0.1) is 6.42 Å². The maximum Gasteiger partial charge on any atom is 0.303 e. The van der Waals surface area contributed by atoms with Gasteiger partial charge >= 0.3 is 5.97 Å². The predicted molar refractivity (Wildman–Crippen MR) is 93.5 cm³/mol. The van der Waals surface area contributed by atoms with Crippen molar-refractivity contribution in [3.63, 3.8) is 0 Å². The van der Waals surface area contributed by atoms with E-state index in [2.05, 4.69) is 10.8 Å². The Balaban J connectivity index is 1.79. The fraction of sp³-hybridized carbons (Fsp3) is 0.833. The molecule has 0 aliphatic carbocycles. The molecule has 1 aliphatic rings. The van der Waals surface area contributed by atoms with Crippen LogP contribution in [-0.4, -0.2) is 88.5 Å². The minimum absolute atomic E-state index is 0.295. The van der Waals surface area contributed by atoms with Gasteiger partial charge in [0, 0.05) is 13.0 Å². The largest absolute Gasteiger partial charge is 0.481 e. The van der Waals surface area contributed by atoms with Gasteiger partial charge in [-0.1, -0.05) is 5.92 Å². The van der Waals surface area contributed by atoms with E-state index in [1.165, 1.54) is 0 Å². The van der Waals surface area contributed by atoms with Crippen molar-refractivity contribution in [2.75, 3.05) is 72.5 Å². The molecular weight excluding hydrogens is 326 g/mol. The molecule has 1 rings (SSSR count). The molecule has 0 spiro atoms. The van der Waals surface area contributed by atoms with Crippen LogP contribution in [0.2, 0.25) is 0 Å². The zero-order chi connectivity index (χ0) is 18.2. The standard InChI is InChI=1S/C18H31NO6/c1-2-8-22-10-12-24-14-15-25-13-11-23-9-7-19-5-3-17(4-6-19)16-18(20)21/h1,17H,3-16H2,(H,20,21). The molecule has 0 aromatic carbocycles. The minimum Gasteiger partial charge on any atom is -0.481 e. The summed E-state index contributed by atoms with van der Waals surface area (Å²) < 4.78 is 21.4. The Morgan fingerprint density at radius 1 is 0.960 bits per heavy atom. The summed E-state index contributed by atoms with van der Waals surface area (Å²) in [7, 11) is 0. The second-order valence-corrected chi connectivity index (χ2v) is 5.98. The second-order valence-electron chi connectivity index (χ2n) is 5.98. The Bertz CT molecular complexity index is 376. The highest BCUT2D eigenvalue weighted by Gasteiger charge is 2.20. The number of hydrogen-bond acceptors (Lipinski definition) is 6. The van der Waals surface area contributed by atoms with Crippen LogP contribution in [0.5, 0.6) is 0 Å². The number of hydrogen-bond donors (Lipinski definition) is 1. The molecule has 0 saturated carbocycles. The SMILES string of the molecule is C#CCOCCOCCOCCOCCN1CCC(CC(=O)O)CC1. The van der Waals surface area contributed by atoms with Crippen molar-refractivity contribution in [2.24, 2.45) is 5.92 Å². The minimum atomic E-state index is -0.690. The Morgan fingerprint density at radius 3 is 2.00 bits per heavy atom. The van der Waals surface area contributed by atoms with Crippen molar-refractivity contribution in [1.29, 1.82) is 0 Å². The van der Waals surface area contributed by atoms with E-state index in [-0.39, 0.29) is 0 Å². The van der Waals surface area contributed by atoms with Gasteiger partial charge in [0.15, 0.2) is 0 Å². The monoisotopic (exact) mass is 357 g/mol. The lowest BCUT2D eigenvalue weighted by molar-refractivity contribution is -0.138. The summed E-state index contributed by atoms with van der Waals surface area (Å²) in [5, 5.41) is 8.80. The molecule has 1 fully saturated rings. The van der Waals surface area contributed by atoms with Crippen molar-refractivity contribution >= 4 is 5.97 Å². The predicted octanol–water partition coefficient (Wildman–Crippen LogP) is 0.873. The quantitative estimate of drug-likeness (QED) is 0.344. The third kappa shape index (κ3) is 12.8. The second kappa shape index (κ2) is 15.1. The first-order valence-corrected chi connectivity index (χ1v) is 8.91. The third-order valence-electron chi connectivity index (χ3n) is 4.02. The van der Waals surface area contributed by atoms with Crippen molar-refractivity contribution in [3.8, 4) is 12.3 Å². The molecule has 0 atom stereocenters. The molecular formula is C18H31NO6. The van der Waals surface area contributed by atoms with Gasteiger partial charge in [-0.3, -0.25) is 4.79 Å². The summed E-state index contributed by atoms with van der Waals surface area (Å²) in [5.74, 6) is 2.03. The van der Waals surface area contributed by atoms with Gasteiger partial charge in [-0.05, 0) is 31.8 Å². The molecule has 1 saturated heterocycles. The van der Waals surface area contributed by atoms with Crippen molar-refractivity contribution in [3.05, 3.63) is 0 Å². The van der Waals surface area contributed by atoms with Crippen LogP contribution in [0.25, 0.3) is 0 Å². The summed E-state index contributed by atoms with van der Waals surface area (Å²) in [6, 6.07) is 0. The van der Waals surface area contributed by atoms with Gasteiger partial charge in [0.05, 0.1) is 46.2 Å². The zero-order valence-electron chi connectivity index (χ0n) is 15.0. The summed E-state index contributed by atoms with van der Waals surface area (Å²) >= 11 is 0. The van der Waals surface area contributed by atoms with Crippen LogP contribution in [0.4, 0.5) is 0 Å². The van der Waals surface area contributed by atoms with Gasteiger partial charge in [0.2, 0.25) is 0 Å². The average Bonchev–Trinajstić information content (AvgIpc) is 2.60. The number of carbonyl (C=O) groups is 1. The lowest BCUT2D eigenvalue weighted by atomic mass is 9.94. The molecule has 144 valence electrons. The topological polar surface area (TPSA) is 77.5 Å². The summed E-state index contributed by atoms with van der Waals surface area (Å²) in [5.41, 5.74) is 0. The van der Waals surface area contributed by atoms with E-state index < -0.39 is 5.97 Å². The molecule has 0 unspecified atom stereocenters. The van der Waals surface area contributed by atoms with Crippen LogP contribution in [0.1, 0.15) is 19.3 Å². The summed E-state index contributed by atoms with van der Waals surface area (Å²) in [4.78, 5) is 13.0. The first-order chi connectivity index (χ1) is 12.2. The smallest absolute Gasteiger partial charge is 0.303 e. The molecule has 1 aliphatic heterocycles. The van der Waals surface area contributed by atoms with Gasteiger partial charge in [-0.25, -0.2) is 0 Å². The Morgan fingerprint density at radius 2 is 1.48 bits per heavy atom. The molecule has 0 bridgehead atoms. The first-order valence-electron chi connectivity index (χ1n) is 8.91. The van der Waals surface area contributed by atoms with Crippen LogP contribution < -0.4 is 0 Å². The van der Waals surface area contributed by atoms with Crippen molar-refractivity contribution < 1.29 is 28.8 Å². The number of likely N-dealkylation sites (tertiary alicyclic amines) is 1. The van der Waals surface area contributed by atoms with Gasteiger partial charge in [0.25, 0.3) is 0 Å². The number of piperidine rings is 1. The van der Waals surface area contributed by atoms with E-state index in [4.69, 9.17) is 30.5 Å². The first kappa shape index (κ1) is 21.9. The van der Waals surface area contributed by atoms with E-state index in [0.717, 1.165) is 32.5 Å². The van der Waals surface area contributed by atoms with Gasteiger partial charge in [-0.2, -0.15) is 0 Å². The Kier molecular flexibility index (Phi) is 13.2. The fourth-order valence-corrected chi connectivity index (χ4v) is 2.65. The van der Waals surface area contributed by atoms with Crippen LogP contribution in [0, 0.1) is 18.3 Å². The third-order valence-corrected chi connectivity index (χ3v) is 4.02. The van der Waals surface area contributed by atoms with Crippen LogP contribution in [-0.2, 0) is 23.7 Å². The molecule has 1 N–H and O–H groups in total. The van der Waals surface area contributed by atoms with E-state index >= 15 is 0 Å². The zero-order valence-corrected chi connectivity index (χ0v) is 15.0. The Labute approximate surface area is 150 Å². The number of carboxylic acids is 1. The summed E-state index contributed by atoms with van der Waals surface area (Å²) in [6.45, 7) is 7.01. The van der Waals surface area contributed by atoms with Crippen LogP contribution in [0.15, 0.2) is 0 Å². The number of carboxylic acid groups (broad SMARTS) is 1. The number of rotatable bonds is 15. The van der Waals surface area contributed by atoms with E-state index in [0.29, 0.717) is 65.2 Å². The maximum atomic E-state index is 10.7. The molecule has 25 heavy (non-hydrogen) atoms. The number of terminal acetylenes is 1. The number of aliphatic carboxylic acids is 1. The van der Waals surface area contributed by atoms with E-state index in [9.17, 15) is 4.79 Å². The fourth-order valence-electron chi connectivity index (χ4n) is 2.65. The van der Waals surface area contributed by atoms with E-state index in [1.54, 1.807) is 0 Å². The van der Waals surface area contributed by atoms with Crippen LogP contribution in [0.3, 0.4) is 0 Å². The summed E-state index contributed by atoms with van der Waals surface area (Å²) in [6.07, 6.45) is 7.27. The van der Waals surface area contributed by atoms with Crippen molar-refractivity contribution in [1.82, 2.24) is 4.90 Å². The molecule has 1 heterocycles. The number of nitrogens with zero attached hydrogens (tertiary/aromatic N) is 1. The molecule has 0 aromatic heterocycles. The molecule has 0 aromatic rings. The van der Waals surface area contributed by atoms with E-state index in [1.807, 2.05) is 0 Å². The maximum absolute atomic E-state index is 10.7. The molecule has 7 heteroatoms. The normalized spacial score (nSPS) is 16.0. The number of ether oxygens (including phenoxy) is 4. The molecule has 0 amide bonds. The van der Waals surface area contributed by atoms with Crippen LogP contribution >= 0.6 is 0 Å². The van der Waals surface area contributed by atoms with Gasteiger partial charge < -0.3 is 29.0 Å². The lowest BCUT2D eigenvalue weighted by Gasteiger charge is -2.31. The highest BCUT2D eigenvalue weighted by Crippen LogP contribution is 2.19. The Hall–Kier alpha value is -1.17. The highest BCUT2D eigenvalue weighted by atomic mass is 16.6. The lowest BCUT2D eigenvalue weighted by Crippen LogP contribution is -2.36. The highest BCUT2D eigenvalue weighted by molar-refractivity contribution is 5.67. The average molecular weight is 357 g/mol. The van der Waals surface area contributed by atoms with Crippen molar-refractivity contribution in [2.45, 2.75) is 19.3 Å².